The Morgan fingerprint density at radius 1 is 1.16 bits per heavy atom. The molecule has 0 spiro atoms. The van der Waals surface area contributed by atoms with Gasteiger partial charge in [-0.3, -0.25) is 4.79 Å². The van der Waals surface area contributed by atoms with Crippen LogP contribution in [0.5, 0.6) is 0 Å². The molecule has 1 N–H and O–H groups in total. The minimum absolute atomic E-state index is 0.0130. The summed E-state index contributed by atoms with van der Waals surface area (Å²) in [6.45, 7) is 11.6. The van der Waals surface area contributed by atoms with E-state index in [-0.39, 0.29) is 48.5 Å². The van der Waals surface area contributed by atoms with Crippen LogP contribution < -0.4 is 0 Å². The SMILES string of the molecule is CO[C@@H](/C(C)=C/C=C/C(C)=C/c1coc(C)n1)[C@@H](C)[C@@H]1C[C@H](O)[C@@]2(C)O[C@@H]2/C=C/[C@@H](C)[C@H]2C[C@H](CC(=O)O2)C[C@H]2O[C@H]2C(=O)O1. The number of epoxide rings is 2. The first-order chi connectivity index (χ1) is 21.4. The lowest BCUT2D eigenvalue weighted by molar-refractivity contribution is -0.159. The Labute approximate surface area is 265 Å². The second kappa shape index (κ2) is 13.7. The number of nitrogens with zero attached hydrogens (tertiary/aromatic N) is 1. The number of rotatable bonds is 7. The molecule has 0 radical (unpaired) electrons. The molecule has 0 amide bonds. The summed E-state index contributed by atoms with van der Waals surface area (Å²) >= 11 is 0. The van der Waals surface area contributed by atoms with E-state index in [2.05, 4.69) is 4.98 Å². The maximum Gasteiger partial charge on any atom is 0.338 e. The van der Waals surface area contributed by atoms with Crippen molar-refractivity contribution in [2.75, 3.05) is 7.11 Å². The number of allylic oxidation sites excluding steroid dienone is 4. The van der Waals surface area contributed by atoms with E-state index in [9.17, 15) is 14.7 Å². The van der Waals surface area contributed by atoms with Gasteiger partial charge in [0.25, 0.3) is 0 Å². The van der Waals surface area contributed by atoms with E-state index in [0.717, 1.165) is 16.8 Å². The molecule has 0 aliphatic carbocycles. The Morgan fingerprint density at radius 2 is 1.91 bits per heavy atom. The molecule has 1 aromatic rings. The van der Waals surface area contributed by atoms with Gasteiger partial charge in [-0.25, -0.2) is 9.78 Å². The largest absolute Gasteiger partial charge is 0.462 e. The topological polar surface area (TPSA) is 133 Å². The standard InChI is InChI=1S/C35H47NO9/c1-19(13-25-18-41-23(5)36-25)9-8-10-21(3)32(40-7)22(4)27-17-29(37)35(6)30(45-35)12-11-20(2)26-14-24(16-31(38)42-26)15-28-33(43-28)34(39)44-27/h8-13,18,20,22,24,26-30,32-33,37H,14-17H2,1-7H3/b9-8+,12-11+,19-13+,21-10+/t20-,22+,24+,26-,27+,28-,29+,30-,32+,33-,35-/m1/s1. The molecule has 45 heavy (non-hydrogen) atoms. The Bertz CT molecular complexity index is 1360. The van der Waals surface area contributed by atoms with E-state index in [4.69, 9.17) is 28.1 Å². The van der Waals surface area contributed by atoms with Crippen LogP contribution in [-0.2, 0) is 33.3 Å². The third-order valence-corrected chi connectivity index (χ3v) is 9.63. The number of aliphatic hydroxyl groups is 1. The van der Waals surface area contributed by atoms with Crippen molar-refractivity contribution in [1.29, 1.82) is 0 Å². The Morgan fingerprint density at radius 3 is 2.62 bits per heavy atom. The summed E-state index contributed by atoms with van der Waals surface area (Å²) in [6.07, 6.45) is 11.7. The van der Waals surface area contributed by atoms with E-state index in [0.29, 0.717) is 25.2 Å². The number of hydrogen-bond donors (Lipinski definition) is 1. The minimum Gasteiger partial charge on any atom is -0.462 e. The highest BCUT2D eigenvalue weighted by molar-refractivity contribution is 5.78. The van der Waals surface area contributed by atoms with Crippen molar-refractivity contribution >= 4 is 18.0 Å². The summed E-state index contributed by atoms with van der Waals surface area (Å²) in [5.41, 5.74) is 1.86. The van der Waals surface area contributed by atoms with Gasteiger partial charge in [0, 0.05) is 38.7 Å². The molecule has 4 aliphatic rings. The number of carbonyl (C=O) groups excluding carboxylic acids is 2. The molecule has 10 heteroatoms. The molecular weight excluding hydrogens is 578 g/mol. The van der Waals surface area contributed by atoms with Crippen LogP contribution >= 0.6 is 0 Å². The monoisotopic (exact) mass is 625 g/mol. The molecule has 11 atom stereocenters. The zero-order valence-electron chi connectivity index (χ0n) is 27.3. The number of oxazole rings is 1. The third kappa shape index (κ3) is 8.03. The summed E-state index contributed by atoms with van der Waals surface area (Å²) in [7, 11) is 1.63. The van der Waals surface area contributed by atoms with Crippen molar-refractivity contribution < 1.29 is 42.8 Å². The fraction of sp³-hybridized carbons (Fsp3) is 0.629. The number of esters is 2. The van der Waals surface area contributed by atoms with Crippen LogP contribution in [-0.4, -0.2) is 77.5 Å². The van der Waals surface area contributed by atoms with Gasteiger partial charge in [0.2, 0.25) is 0 Å². The average molecular weight is 626 g/mol. The highest BCUT2D eigenvalue weighted by Crippen LogP contribution is 2.44. The quantitative estimate of drug-likeness (QED) is 0.190. The minimum atomic E-state index is -0.905. The summed E-state index contributed by atoms with van der Waals surface area (Å²) in [4.78, 5) is 30.1. The van der Waals surface area contributed by atoms with E-state index in [1.54, 1.807) is 20.3 Å². The van der Waals surface area contributed by atoms with Crippen molar-refractivity contribution in [3.63, 3.8) is 0 Å². The number of aromatic nitrogens is 1. The van der Waals surface area contributed by atoms with Gasteiger partial charge in [0.1, 0.15) is 35.9 Å². The van der Waals surface area contributed by atoms with Crippen molar-refractivity contribution in [3.05, 3.63) is 59.4 Å². The molecule has 0 aromatic carbocycles. The molecule has 3 saturated heterocycles. The number of methoxy groups -OCH3 is 1. The number of aliphatic hydroxyl groups excluding tert-OH is 1. The highest BCUT2D eigenvalue weighted by Gasteiger charge is 2.57. The van der Waals surface area contributed by atoms with Crippen molar-refractivity contribution in [2.24, 2.45) is 17.8 Å². The van der Waals surface area contributed by atoms with E-state index in [1.165, 1.54) is 0 Å². The fourth-order valence-corrected chi connectivity index (χ4v) is 6.64. The van der Waals surface area contributed by atoms with Gasteiger partial charge in [0.15, 0.2) is 12.0 Å². The van der Waals surface area contributed by atoms with Gasteiger partial charge in [-0.15, -0.1) is 0 Å². The van der Waals surface area contributed by atoms with Crippen LogP contribution in [0.3, 0.4) is 0 Å². The first-order valence-electron chi connectivity index (χ1n) is 16.0. The second-order valence-corrected chi connectivity index (χ2v) is 13.3. The lowest BCUT2D eigenvalue weighted by Crippen LogP contribution is -2.42. The number of aryl methyl sites for hydroxylation is 1. The second-order valence-electron chi connectivity index (χ2n) is 13.3. The van der Waals surface area contributed by atoms with Crippen LogP contribution in [0.15, 0.2) is 52.2 Å². The molecule has 2 bridgehead atoms. The number of ether oxygens (including phenoxy) is 5. The normalized spacial score (nSPS) is 38.0. The summed E-state index contributed by atoms with van der Waals surface area (Å²) in [6, 6.07) is 0. The number of cyclic esters (lactones) is 1. The van der Waals surface area contributed by atoms with Crippen LogP contribution in [0.2, 0.25) is 0 Å². The van der Waals surface area contributed by atoms with Crippen molar-refractivity contribution in [1.82, 2.24) is 4.98 Å². The number of fused-ring (bicyclic) bond motifs is 4. The molecule has 10 nitrogen and oxygen atoms in total. The van der Waals surface area contributed by atoms with Gasteiger partial charge < -0.3 is 33.2 Å². The summed E-state index contributed by atoms with van der Waals surface area (Å²) in [5.74, 6) is -0.316. The number of carbonyl (C=O) groups is 2. The Balaban J connectivity index is 1.33. The van der Waals surface area contributed by atoms with Crippen molar-refractivity contribution in [3.8, 4) is 0 Å². The van der Waals surface area contributed by atoms with Gasteiger partial charge in [-0.2, -0.15) is 0 Å². The van der Waals surface area contributed by atoms with Gasteiger partial charge in [0.05, 0.1) is 18.3 Å². The maximum atomic E-state index is 13.4. The predicted molar refractivity (Wildman–Crippen MR) is 166 cm³/mol. The summed E-state index contributed by atoms with van der Waals surface area (Å²) in [5, 5.41) is 11.4. The summed E-state index contributed by atoms with van der Waals surface area (Å²) < 4.78 is 34.7. The van der Waals surface area contributed by atoms with Crippen LogP contribution in [0.25, 0.3) is 6.08 Å². The first-order valence-corrected chi connectivity index (χ1v) is 16.0. The maximum absolute atomic E-state index is 13.4. The highest BCUT2D eigenvalue weighted by atomic mass is 16.6. The lowest BCUT2D eigenvalue weighted by atomic mass is 9.84. The van der Waals surface area contributed by atoms with E-state index in [1.807, 2.05) is 71.1 Å². The molecule has 3 fully saturated rings. The molecule has 0 saturated carbocycles. The van der Waals surface area contributed by atoms with Gasteiger partial charge >= 0.3 is 11.9 Å². The molecule has 5 rings (SSSR count). The molecule has 5 heterocycles. The van der Waals surface area contributed by atoms with Gasteiger partial charge in [-0.05, 0) is 56.8 Å². The predicted octanol–water partition coefficient (Wildman–Crippen LogP) is 5.05. The lowest BCUT2D eigenvalue weighted by Gasteiger charge is -2.33. The van der Waals surface area contributed by atoms with Crippen LogP contribution in [0, 0.1) is 24.7 Å². The Kier molecular flexibility index (Phi) is 10.2. The third-order valence-electron chi connectivity index (χ3n) is 9.63. The molecule has 0 unspecified atom stereocenters. The smallest absolute Gasteiger partial charge is 0.338 e. The van der Waals surface area contributed by atoms with Crippen LogP contribution in [0.1, 0.15) is 71.9 Å². The van der Waals surface area contributed by atoms with E-state index < -0.39 is 36.0 Å². The average Bonchev–Trinajstić information content (AvgIpc) is 3.86. The molecular formula is C35H47NO9. The molecule has 4 aliphatic heterocycles. The molecule has 246 valence electrons. The van der Waals surface area contributed by atoms with E-state index >= 15 is 0 Å². The molecule has 1 aromatic heterocycles. The fourth-order valence-electron chi connectivity index (χ4n) is 6.64. The van der Waals surface area contributed by atoms with Crippen molar-refractivity contribution in [2.45, 2.75) is 116 Å². The van der Waals surface area contributed by atoms with Gasteiger partial charge in [-0.1, -0.05) is 44.2 Å². The Hall–Kier alpha value is -3.05. The first kappa shape index (κ1) is 33.3. The zero-order valence-corrected chi connectivity index (χ0v) is 27.3. The van der Waals surface area contributed by atoms with Crippen LogP contribution in [0.4, 0.5) is 0 Å². The zero-order chi connectivity index (χ0) is 32.5. The number of hydrogen-bond acceptors (Lipinski definition) is 10.